The largest absolute Gasteiger partial charge is 0.478 e. The molecule has 1 aliphatic heterocycles. The third kappa shape index (κ3) is 6.27. The fourth-order valence-electron chi connectivity index (χ4n) is 4.41. The molecule has 4 rings (SSSR count). The number of aliphatic hydroxyl groups excluding tert-OH is 1. The fraction of sp³-hybridized carbons (Fsp3) is 0.360. The number of pyridine rings is 1. The van der Waals surface area contributed by atoms with Crippen LogP contribution < -0.4 is 14.8 Å². The molecular weight excluding hydrogens is 468 g/mol. The number of hydrogen-bond acceptors (Lipinski definition) is 7. The summed E-state index contributed by atoms with van der Waals surface area (Å²) in [5.41, 5.74) is 1.90. The third-order valence-corrected chi connectivity index (χ3v) is 6.67. The number of hydrogen-bond donors (Lipinski definition) is 3. The molecule has 1 saturated heterocycles. The molecule has 1 unspecified atom stereocenters. The first-order valence-corrected chi connectivity index (χ1v) is 13.3. The Kier molecular flexibility index (Phi) is 7.54. The maximum Gasteiger partial charge on any atom is 0.261 e. The number of fused-ring (bicyclic) bond motifs is 1. The number of benzene rings is 2. The predicted octanol–water partition coefficient (Wildman–Crippen LogP) is 1.95. The second-order valence-corrected chi connectivity index (χ2v) is 10.5. The van der Waals surface area contributed by atoms with Crippen LogP contribution in [0, 0.1) is 0 Å². The van der Waals surface area contributed by atoms with Crippen molar-refractivity contribution in [2.24, 2.45) is 0 Å². The number of rotatable bonds is 9. The summed E-state index contributed by atoms with van der Waals surface area (Å²) in [7, 11) is -1.85. The Bertz CT molecular complexity index is 1280. The van der Waals surface area contributed by atoms with E-state index in [-0.39, 0.29) is 5.91 Å². The first-order chi connectivity index (χ1) is 16.7. The number of carbonyl (C=O) groups is 1. The zero-order valence-electron chi connectivity index (χ0n) is 19.7. The first kappa shape index (κ1) is 24.9. The number of amides is 1. The molecule has 0 spiro atoms. The van der Waals surface area contributed by atoms with E-state index in [0.717, 1.165) is 17.2 Å². The van der Waals surface area contributed by atoms with Crippen LogP contribution in [-0.4, -0.2) is 74.5 Å². The second-order valence-electron chi connectivity index (χ2n) is 8.79. The quantitative estimate of drug-likeness (QED) is 0.412. The van der Waals surface area contributed by atoms with Gasteiger partial charge in [-0.25, -0.2) is 8.42 Å². The maximum atomic E-state index is 13.1. The number of aliphatic hydroxyl groups is 1. The normalized spacial score (nSPS) is 18.2. The van der Waals surface area contributed by atoms with E-state index >= 15 is 0 Å². The SMILES string of the molecule is CNC(=O)C(Oc1cccc2cccnc12)[C@H](CN1CC[C@H](O)C1)c1ccc(NS(C)(=O)=O)cc1. The number of anilines is 1. The highest BCUT2D eigenvalue weighted by Gasteiger charge is 2.35. The van der Waals surface area contributed by atoms with Crippen molar-refractivity contribution in [1.82, 2.24) is 15.2 Å². The Hall–Kier alpha value is -3.21. The monoisotopic (exact) mass is 498 g/mol. The lowest BCUT2D eigenvalue weighted by Crippen LogP contribution is -2.44. The van der Waals surface area contributed by atoms with Crippen LogP contribution in [0.4, 0.5) is 5.69 Å². The summed E-state index contributed by atoms with van der Waals surface area (Å²) in [5, 5.41) is 13.7. The summed E-state index contributed by atoms with van der Waals surface area (Å²) < 4.78 is 32.0. The van der Waals surface area contributed by atoms with Gasteiger partial charge in [0, 0.05) is 49.9 Å². The lowest BCUT2D eigenvalue weighted by molar-refractivity contribution is -0.128. The lowest BCUT2D eigenvalue weighted by Gasteiger charge is -2.30. The molecule has 0 bridgehead atoms. The van der Waals surface area contributed by atoms with Crippen LogP contribution in [0.15, 0.2) is 60.8 Å². The number of sulfonamides is 1. The van der Waals surface area contributed by atoms with Crippen molar-refractivity contribution < 1.29 is 23.1 Å². The number of para-hydroxylation sites is 1. The van der Waals surface area contributed by atoms with Gasteiger partial charge in [0.15, 0.2) is 6.10 Å². The number of nitrogens with zero attached hydrogens (tertiary/aromatic N) is 2. The molecule has 0 saturated carbocycles. The zero-order valence-corrected chi connectivity index (χ0v) is 20.5. The average molecular weight is 499 g/mol. The molecule has 3 N–H and O–H groups in total. The van der Waals surface area contributed by atoms with Crippen LogP contribution in [0.3, 0.4) is 0 Å². The van der Waals surface area contributed by atoms with Gasteiger partial charge in [0.1, 0.15) is 11.3 Å². The molecule has 2 heterocycles. The molecular formula is C25H30N4O5S. The van der Waals surface area contributed by atoms with Gasteiger partial charge in [0.25, 0.3) is 5.91 Å². The predicted molar refractivity (Wildman–Crippen MR) is 135 cm³/mol. The van der Waals surface area contributed by atoms with Gasteiger partial charge in [-0.15, -0.1) is 0 Å². The maximum absolute atomic E-state index is 13.1. The van der Waals surface area contributed by atoms with Gasteiger partial charge in [-0.05, 0) is 36.2 Å². The smallest absolute Gasteiger partial charge is 0.261 e. The van der Waals surface area contributed by atoms with Crippen molar-refractivity contribution in [3.05, 3.63) is 66.4 Å². The van der Waals surface area contributed by atoms with Gasteiger partial charge in [0.2, 0.25) is 10.0 Å². The van der Waals surface area contributed by atoms with E-state index in [1.165, 1.54) is 0 Å². The number of likely N-dealkylation sites (tertiary alicyclic amines) is 1. The standard InChI is InChI=1S/C25H30N4O5S/c1-26-25(31)24(34-22-7-3-5-18-6-4-13-27-23(18)22)21(16-29-14-12-20(30)15-29)17-8-10-19(11-9-17)28-35(2,32)33/h3-11,13,20-21,24,28,30H,12,14-16H2,1-2H3,(H,26,31)/t20-,21+,24?/m0/s1. The van der Waals surface area contributed by atoms with Crippen LogP contribution in [-0.2, 0) is 14.8 Å². The van der Waals surface area contributed by atoms with E-state index < -0.39 is 28.1 Å². The Morgan fingerprint density at radius 3 is 2.60 bits per heavy atom. The molecule has 3 aromatic rings. The molecule has 0 aliphatic carbocycles. The van der Waals surface area contributed by atoms with Crippen molar-refractivity contribution in [1.29, 1.82) is 0 Å². The fourth-order valence-corrected chi connectivity index (χ4v) is 4.98. The van der Waals surface area contributed by atoms with Crippen LogP contribution in [0.5, 0.6) is 5.75 Å². The molecule has 1 amide bonds. The number of aromatic nitrogens is 1. The molecule has 9 nitrogen and oxygen atoms in total. The molecule has 35 heavy (non-hydrogen) atoms. The summed E-state index contributed by atoms with van der Waals surface area (Å²) in [5.74, 6) is -0.189. The van der Waals surface area contributed by atoms with Gasteiger partial charge in [0.05, 0.1) is 12.4 Å². The number of likely N-dealkylation sites (N-methyl/N-ethyl adjacent to an activating group) is 1. The Labute approximate surface area is 205 Å². The summed E-state index contributed by atoms with van der Waals surface area (Å²) in [6, 6.07) is 16.3. The summed E-state index contributed by atoms with van der Waals surface area (Å²) in [4.78, 5) is 19.7. The van der Waals surface area contributed by atoms with E-state index in [4.69, 9.17) is 4.74 Å². The van der Waals surface area contributed by atoms with Gasteiger partial charge in [-0.1, -0.05) is 30.3 Å². The summed E-state index contributed by atoms with van der Waals surface area (Å²) in [6.45, 7) is 1.70. The average Bonchev–Trinajstić information content (AvgIpc) is 3.25. The van der Waals surface area contributed by atoms with E-state index in [9.17, 15) is 18.3 Å². The summed E-state index contributed by atoms with van der Waals surface area (Å²) in [6.07, 6.45) is 2.15. The highest BCUT2D eigenvalue weighted by atomic mass is 32.2. The summed E-state index contributed by atoms with van der Waals surface area (Å²) >= 11 is 0. The number of ether oxygens (including phenoxy) is 1. The van der Waals surface area contributed by atoms with Crippen molar-refractivity contribution in [3.8, 4) is 5.75 Å². The molecule has 3 atom stereocenters. The molecule has 2 aromatic carbocycles. The zero-order chi connectivity index (χ0) is 25.0. The molecule has 1 aliphatic rings. The van der Waals surface area contributed by atoms with Crippen LogP contribution in [0.25, 0.3) is 10.9 Å². The van der Waals surface area contributed by atoms with E-state index in [2.05, 4.69) is 19.9 Å². The van der Waals surface area contributed by atoms with Gasteiger partial charge < -0.3 is 15.2 Å². The van der Waals surface area contributed by atoms with Crippen LogP contribution in [0.2, 0.25) is 0 Å². The Morgan fingerprint density at radius 2 is 1.94 bits per heavy atom. The Balaban J connectivity index is 1.71. The first-order valence-electron chi connectivity index (χ1n) is 11.4. The minimum Gasteiger partial charge on any atom is -0.478 e. The van der Waals surface area contributed by atoms with E-state index in [1.807, 2.05) is 24.3 Å². The highest BCUT2D eigenvalue weighted by Crippen LogP contribution is 2.31. The van der Waals surface area contributed by atoms with Gasteiger partial charge >= 0.3 is 0 Å². The van der Waals surface area contributed by atoms with Gasteiger partial charge in [-0.2, -0.15) is 0 Å². The number of carbonyl (C=O) groups excluding carboxylic acids is 1. The van der Waals surface area contributed by atoms with Gasteiger partial charge in [-0.3, -0.25) is 19.4 Å². The van der Waals surface area contributed by atoms with E-state index in [0.29, 0.717) is 43.0 Å². The van der Waals surface area contributed by atoms with Crippen molar-refractivity contribution in [2.75, 3.05) is 37.7 Å². The number of β-amino-alcohol motifs (C(OH)–C–C–N with tert-alkyl or cyclic N) is 1. The molecule has 186 valence electrons. The molecule has 1 aromatic heterocycles. The molecule has 1 fully saturated rings. The minimum absolute atomic E-state index is 0.291. The molecule has 0 radical (unpaired) electrons. The Morgan fingerprint density at radius 1 is 1.20 bits per heavy atom. The number of nitrogens with one attached hydrogen (secondary N) is 2. The second kappa shape index (κ2) is 10.6. The highest BCUT2D eigenvalue weighted by molar-refractivity contribution is 7.92. The van der Waals surface area contributed by atoms with E-state index in [1.54, 1.807) is 43.6 Å². The molecule has 10 heteroatoms. The van der Waals surface area contributed by atoms with Crippen molar-refractivity contribution in [2.45, 2.75) is 24.5 Å². The van der Waals surface area contributed by atoms with Crippen molar-refractivity contribution in [3.63, 3.8) is 0 Å². The lowest BCUT2D eigenvalue weighted by atomic mass is 9.91. The minimum atomic E-state index is -3.41. The van der Waals surface area contributed by atoms with Crippen LogP contribution in [0.1, 0.15) is 17.9 Å². The topological polar surface area (TPSA) is 121 Å². The van der Waals surface area contributed by atoms with Crippen molar-refractivity contribution >= 4 is 32.5 Å². The third-order valence-electron chi connectivity index (χ3n) is 6.06. The van der Waals surface area contributed by atoms with Crippen LogP contribution >= 0.6 is 0 Å².